The number of hydrogen-bond donors (Lipinski definition) is 1. The normalized spacial score (nSPS) is 11.1. The number of aryl methyl sites for hydroxylation is 1. The lowest BCUT2D eigenvalue weighted by Gasteiger charge is -2.07. The molecule has 0 unspecified atom stereocenters. The summed E-state index contributed by atoms with van der Waals surface area (Å²) < 4.78 is 5.79. The summed E-state index contributed by atoms with van der Waals surface area (Å²) in [6, 6.07) is 7.63. The van der Waals surface area contributed by atoms with Crippen molar-refractivity contribution in [2.45, 2.75) is 19.8 Å². The van der Waals surface area contributed by atoms with Gasteiger partial charge in [0.1, 0.15) is 16.9 Å². The minimum atomic E-state index is -1.10. The Morgan fingerprint density at radius 2 is 2.14 bits per heavy atom. The molecule has 2 aromatic heterocycles. The second-order valence-electron chi connectivity index (χ2n) is 4.67. The van der Waals surface area contributed by atoms with E-state index in [1.807, 2.05) is 31.2 Å². The zero-order chi connectivity index (χ0) is 14.8. The van der Waals surface area contributed by atoms with Crippen molar-refractivity contribution in [1.82, 2.24) is 9.97 Å². The van der Waals surface area contributed by atoms with Crippen LogP contribution in [0.3, 0.4) is 0 Å². The molecular weight excluding hydrogens is 270 g/mol. The quantitative estimate of drug-likeness (QED) is 0.763. The average Bonchev–Trinajstić information content (AvgIpc) is 2.85. The maximum atomic E-state index is 10.5. The Hall–Kier alpha value is -2.63. The topological polar surface area (TPSA) is 91.1 Å². The number of para-hydroxylation sites is 1. The van der Waals surface area contributed by atoms with Crippen LogP contribution in [0.1, 0.15) is 19.2 Å². The Balaban J connectivity index is 2.10. The predicted octanol–water partition coefficient (Wildman–Crippen LogP) is 1.49. The lowest BCUT2D eigenvalue weighted by Crippen LogP contribution is -2.25. The molecule has 1 N–H and O–H groups in total. The Morgan fingerprint density at radius 1 is 1.33 bits per heavy atom. The number of anilines is 1. The molecule has 0 aliphatic carbocycles. The van der Waals surface area contributed by atoms with Gasteiger partial charge in [0.05, 0.1) is 0 Å². The number of carbonyl (C=O) groups is 1. The molecule has 3 aromatic rings. The van der Waals surface area contributed by atoms with Gasteiger partial charge in [0.2, 0.25) is 0 Å². The van der Waals surface area contributed by atoms with Crippen molar-refractivity contribution in [2.75, 3.05) is 11.9 Å². The van der Waals surface area contributed by atoms with Crippen molar-refractivity contribution in [2.24, 2.45) is 0 Å². The zero-order valence-corrected chi connectivity index (χ0v) is 11.5. The first-order valence-corrected chi connectivity index (χ1v) is 6.81. The highest BCUT2D eigenvalue weighted by Crippen LogP contribution is 2.31. The van der Waals surface area contributed by atoms with Crippen molar-refractivity contribution in [3.05, 3.63) is 30.1 Å². The van der Waals surface area contributed by atoms with Crippen LogP contribution in [0.5, 0.6) is 0 Å². The molecular formula is C15H14N3O3-. The monoisotopic (exact) mass is 284 g/mol. The summed E-state index contributed by atoms with van der Waals surface area (Å²) in [5, 5.41) is 14.4. The number of nitrogens with one attached hydrogen (secondary N) is 1. The van der Waals surface area contributed by atoms with Gasteiger partial charge in [0.15, 0.2) is 11.4 Å². The van der Waals surface area contributed by atoms with E-state index >= 15 is 0 Å². The van der Waals surface area contributed by atoms with E-state index in [0.29, 0.717) is 23.6 Å². The number of carboxylic acid groups (broad SMARTS) is 1. The van der Waals surface area contributed by atoms with Crippen molar-refractivity contribution in [3.8, 4) is 0 Å². The average molecular weight is 284 g/mol. The summed E-state index contributed by atoms with van der Waals surface area (Å²) in [6.45, 7) is 2.20. The highest BCUT2D eigenvalue weighted by atomic mass is 16.4. The van der Waals surface area contributed by atoms with Crippen molar-refractivity contribution >= 4 is 33.9 Å². The van der Waals surface area contributed by atoms with Crippen LogP contribution in [-0.2, 0) is 11.2 Å². The van der Waals surface area contributed by atoms with E-state index < -0.39 is 5.97 Å². The van der Waals surface area contributed by atoms with Gasteiger partial charge in [-0.1, -0.05) is 19.1 Å². The third-order valence-corrected chi connectivity index (χ3v) is 3.20. The smallest absolute Gasteiger partial charge is 0.196 e. The fourth-order valence-corrected chi connectivity index (χ4v) is 2.20. The molecule has 0 bridgehead atoms. The third-order valence-electron chi connectivity index (χ3n) is 3.20. The molecule has 0 saturated carbocycles. The lowest BCUT2D eigenvalue weighted by molar-refractivity contribution is -0.305. The van der Waals surface area contributed by atoms with Crippen molar-refractivity contribution in [3.63, 3.8) is 0 Å². The van der Waals surface area contributed by atoms with E-state index in [1.54, 1.807) is 0 Å². The highest BCUT2D eigenvalue weighted by Gasteiger charge is 2.14. The molecule has 6 heteroatoms. The van der Waals surface area contributed by atoms with Crippen LogP contribution in [-0.4, -0.2) is 22.5 Å². The fourth-order valence-electron chi connectivity index (χ4n) is 2.20. The van der Waals surface area contributed by atoms with Gasteiger partial charge < -0.3 is 19.6 Å². The Bertz CT molecular complexity index is 810. The van der Waals surface area contributed by atoms with Crippen LogP contribution in [0.4, 0.5) is 5.82 Å². The summed E-state index contributed by atoms with van der Waals surface area (Å²) in [4.78, 5) is 19.4. The van der Waals surface area contributed by atoms with Gasteiger partial charge in [0.25, 0.3) is 0 Å². The summed E-state index contributed by atoms with van der Waals surface area (Å²) in [5.41, 5.74) is 2.03. The third kappa shape index (κ3) is 2.52. The first-order valence-electron chi connectivity index (χ1n) is 6.81. The molecule has 0 amide bonds. The van der Waals surface area contributed by atoms with Gasteiger partial charge in [-0.05, 0) is 12.1 Å². The second-order valence-corrected chi connectivity index (χ2v) is 4.67. The number of rotatable bonds is 5. The molecule has 0 spiro atoms. The number of nitrogens with zero attached hydrogens (tertiary/aromatic N) is 2. The molecule has 108 valence electrons. The minimum Gasteiger partial charge on any atom is -0.550 e. The molecule has 21 heavy (non-hydrogen) atoms. The largest absolute Gasteiger partial charge is 0.550 e. The van der Waals surface area contributed by atoms with Crippen LogP contribution in [0.2, 0.25) is 0 Å². The van der Waals surface area contributed by atoms with Gasteiger partial charge >= 0.3 is 0 Å². The SMILES string of the molecule is CCc1nc(NCCC(=O)[O-])c2oc3ccccc3c2n1. The van der Waals surface area contributed by atoms with Gasteiger partial charge in [-0.25, -0.2) is 9.97 Å². The van der Waals surface area contributed by atoms with Crippen LogP contribution >= 0.6 is 0 Å². The number of fused-ring (bicyclic) bond motifs is 3. The molecule has 2 heterocycles. The van der Waals surface area contributed by atoms with Gasteiger partial charge in [-0.3, -0.25) is 0 Å². The zero-order valence-electron chi connectivity index (χ0n) is 11.5. The molecule has 0 fully saturated rings. The number of carbonyl (C=O) groups excluding carboxylic acids is 1. The van der Waals surface area contributed by atoms with Crippen LogP contribution in [0, 0.1) is 0 Å². The van der Waals surface area contributed by atoms with Gasteiger partial charge in [-0.15, -0.1) is 0 Å². The number of aliphatic carboxylic acids is 1. The second kappa shape index (κ2) is 5.40. The predicted molar refractivity (Wildman–Crippen MR) is 76.8 cm³/mol. The molecule has 0 saturated heterocycles. The summed E-state index contributed by atoms with van der Waals surface area (Å²) in [6.07, 6.45) is 0.595. The maximum Gasteiger partial charge on any atom is 0.196 e. The van der Waals surface area contributed by atoms with Crippen LogP contribution in [0.15, 0.2) is 28.7 Å². The molecule has 0 aliphatic rings. The minimum absolute atomic E-state index is 0.0901. The molecule has 0 radical (unpaired) electrons. The molecule has 0 aliphatic heterocycles. The Labute approximate surface area is 120 Å². The van der Waals surface area contributed by atoms with Crippen molar-refractivity contribution in [1.29, 1.82) is 0 Å². The van der Waals surface area contributed by atoms with Gasteiger partial charge in [-0.2, -0.15) is 0 Å². The summed E-state index contributed by atoms with van der Waals surface area (Å²) in [7, 11) is 0. The van der Waals surface area contributed by atoms with Gasteiger partial charge in [0, 0.05) is 30.7 Å². The standard InChI is InChI=1S/C15H15N3O3/c1-2-11-17-13-9-5-3-4-6-10(9)21-14(13)15(18-11)16-8-7-12(19)20/h3-6H,2,7-8H2,1H3,(H,19,20)(H,16,17,18)/p-1. The van der Waals surface area contributed by atoms with E-state index in [4.69, 9.17) is 4.42 Å². The van der Waals surface area contributed by atoms with E-state index in [2.05, 4.69) is 15.3 Å². The van der Waals surface area contributed by atoms with Crippen LogP contribution in [0.25, 0.3) is 22.1 Å². The first-order chi connectivity index (χ1) is 10.2. The summed E-state index contributed by atoms with van der Waals surface area (Å²) >= 11 is 0. The van der Waals surface area contributed by atoms with E-state index in [-0.39, 0.29) is 13.0 Å². The number of carboxylic acids is 1. The molecule has 0 atom stereocenters. The van der Waals surface area contributed by atoms with E-state index in [9.17, 15) is 9.90 Å². The number of hydrogen-bond acceptors (Lipinski definition) is 6. The van der Waals surface area contributed by atoms with E-state index in [0.717, 1.165) is 16.5 Å². The molecule has 6 nitrogen and oxygen atoms in total. The lowest BCUT2D eigenvalue weighted by atomic mass is 10.2. The molecule has 1 aromatic carbocycles. The van der Waals surface area contributed by atoms with Crippen molar-refractivity contribution < 1.29 is 14.3 Å². The fraction of sp³-hybridized carbons (Fsp3) is 0.267. The number of benzene rings is 1. The van der Waals surface area contributed by atoms with E-state index in [1.165, 1.54) is 0 Å². The molecule has 3 rings (SSSR count). The van der Waals surface area contributed by atoms with Crippen LogP contribution < -0.4 is 10.4 Å². The number of furan rings is 1. The number of aromatic nitrogens is 2. The Morgan fingerprint density at radius 3 is 2.90 bits per heavy atom. The Kier molecular flexibility index (Phi) is 3.43. The maximum absolute atomic E-state index is 10.5. The first kappa shape index (κ1) is 13.4. The summed E-state index contributed by atoms with van der Waals surface area (Å²) in [5.74, 6) is 0.104. The highest BCUT2D eigenvalue weighted by molar-refractivity contribution is 6.05.